The molecule has 1 atom stereocenters. The smallest absolute Gasteiger partial charge is 0.305 e. The standard InChI is InChI=1S/C10H18O5/c1-8(6-11)7-15-10(14)5-3-2-4-9(12)13/h8,11H,2-7H2,1H3,(H,12,13)/p-1. The molecule has 0 amide bonds. The molecule has 0 aromatic rings. The Kier molecular flexibility index (Phi) is 7.62. The molecule has 0 bridgehead atoms. The highest BCUT2D eigenvalue weighted by Gasteiger charge is 2.05. The van der Waals surface area contributed by atoms with E-state index >= 15 is 0 Å². The van der Waals surface area contributed by atoms with Crippen molar-refractivity contribution in [3.8, 4) is 0 Å². The number of esters is 1. The number of aliphatic hydroxyl groups is 1. The van der Waals surface area contributed by atoms with Gasteiger partial charge in [0.1, 0.15) is 0 Å². The largest absolute Gasteiger partial charge is 0.550 e. The lowest BCUT2D eigenvalue weighted by atomic mass is 10.2. The van der Waals surface area contributed by atoms with E-state index in [-0.39, 0.29) is 37.9 Å². The van der Waals surface area contributed by atoms with Gasteiger partial charge >= 0.3 is 5.97 Å². The van der Waals surface area contributed by atoms with Gasteiger partial charge in [-0.2, -0.15) is 0 Å². The second-order valence-corrected chi connectivity index (χ2v) is 3.55. The lowest BCUT2D eigenvalue weighted by molar-refractivity contribution is -0.305. The average molecular weight is 217 g/mol. The van der Waals surface area contributed by atoms with Crippen molar-refractivity contribution in [1.29, 1.82) is 0 Å². The molecule has 0 aliphatic carbocycles. The summed E-state index contributed by atoms with van der Waals surface area (Å²) in [5.74, 6) is -1.51. The van der Waals surface area contributed by atoms with Gasteiger partial charge in [0, 0.05) is 24.9 Å². The molecule has 0 aromatic heterocycles. The van der Waals surface area contributed by atoms with Gasteiger partial charge in [-0.1, -0.05) is 6.92 Å². The van der Waals surface area contributed by atoms with Crippen molar-refractivity contribution in [3.05, 3.63) is 0 Å². The summed E-state index contributed by atoms with van der Waals surface area (Å²) in [4.78, 5) is 21.1. The fourth-order valence-corrected chi connectivity index (χ4v) is 0.899. The molecule has 0 rings (SSSR count). The molecular formula is C10H17O5-. The molecule has 5 heteroatoms. The number of aliphatic carboxylic acids is 1. The molecule has 1 unspecified atom stereocenters. The van der Waals surface area contributed by atoms with E-state index in [4.69, 9.17) is 9.84 Å². The lowest BCUT2D eigenvalue weighted by Crippen LogP contribution is -2.21. The number of carboxylic acid groups (broad SMARTS) is 1. The molecule has 0 aliphatic rings. The Balaban J connectivity index is 3.37. The van der Waals surface area contributed by atoms with Crippen molar-refractivity contribution in [1.82, 2.24) is 0 Å². The van der Waals surface area contributed by atoms with Gasteiger partial charge in [-0.25, -0.2) is 0 Å². The number of carboxylic acids is 1. The van der Waals surface area contributed by atoms with Gasteiger partial charge in [-0.15, -0.1) is 0 Å². The molecule has 15 heavy (non-hydrogen) atoms. The predicted octanol–water partition coefficient (Wildman–Crippen LogP) is -0.532. The summed E-state index contributed by atoms with van der Waals surface area (Å²) in [7, 11) is 0. The summed E-state index contributed by atoms with van der Waals surface area (Å²) in [5, 5.41) is 18.7. The number of carbonyl (C=O) groups is 2. The minimum absolute atomic E-state index is 0.0159. The van der Waals surface area contributed by atoms with Crippen LogP contribution in [0.5, 0.6) is 0 Å². The minimum atomic E-state index is -1.10. The van der Waals surface area contributed by atoms with Gasteiger partial charge in [0.25, 0.3) is 0 Å². The van der Waals surface area contributed by atoms with Crippen molar-refractivity contribution in [2.45, 2.75) is 32.6 Å². The first-order valence-electron chi connectivity index (χ1n) is 5.02. The second-order valence-electron chi connectivity index (χ2n) is 3.55. The fourth-order valence-electron chi connectivity index (χ4n) is 0.899. The van der Waals surface area contributed by atoms with Crippen LogP contribution in [-0.2, 0) is 14.3 Å². The van der Waals surface area contributed by atoms with Crippen LogP contribution < -0.4 is 5.11 Å². The van der Waals surface area contributed by atoms with E-state index in [1.54, 1.807) is 6.92 Å². The van der Waals surface area contributed by atoms with Gasteiger partial charge < -0.3 is 19.7 Å². The van der Waals surface area contributed by atoms with Crippen LogP contribution in [0.3, 0.4) is 0 Å². The van der Waals surface area contributed by atoms with Crippen molar-refractivity contribution in [2.75, 3.05) is 13.2 Å². The van der Waals surface area contributed by atoms with Gasteiger partial charge in [0.15, 0.2) is 0 Å². The second kappa shape index (κ2) is 8.23. The summed E-state index contributed by atoms with van der Waals surface area (Å²) in [6.45, 7) is 1.96. The number of aliphatic hydroxyl groups excluding tert-OH is 1. The normalized spacial score (nSPS) is 12.1. The van der Waals surface area contributed by atoms with Gasteiger partial charge in [-0.3, -0.25) is 4.79 Å². The summed E-state index contributed by atoms with van der Waals surface area (Å²) in [6, 6.07) is 0. The number of unbranched alkanes of at least 4 members (excludes halogenated alkanes) is 1. The number of ether oxygens (including phenoxy) is 1. The first-order valence-corrected chi connectivity index (χ1v) is 5.02. The van der Waals surface area contributed by atoms with Crippen LogP contribution in [0.4, 0.5) is 0 Å². The van der Waals surface area contributed by atoms with E-state index in [0.29, 0.717) is 12.8 Å². The Morgan fingerprint density at radius 1 is 1.33 bits per heavy atom. The van der Waals surface area contributed by atoms with Gasteiger partial charge in [0.05, 0.1) is 6.61 Å². The van der Waals surface area contributed by atoms with E-state index in [0.717, 1.165) is 0 Å². The van der Waals surface area contributed by atoms with Crippen LogP contribution in [0.25, 0.3) is 0 Å². The van der Waals surface area contributed by atoms with E-state index in [1.807, 2.05) is 0 Å². The fraction of sp³-hybridized carbons (Fsp3) is 0.800. The highest BCUT2D eigenvalue weighted by atomic mass is 16.5. The molecule has 5 nitrogen and oxygen atoms in total. The van der Waals surface area contributed by atoms with Crippen LogP contribution in [0.1, 0.15) is 32.6 Å². The van der Waals surface area contributed by atoms with Crippen LogP contribution in [-0.4, -0.2) is 30.3 Å². The zero-order valence-corrected chi connectivity index (χ0v) is 8.90. The topological polar surface area (TPSA) is 86.7 Å². The third-order valence-corrected chi connectivity index (χ3v) is 1.85. The molecule has 88 valence electrons. The molecule has 0 saturated heterocycles. The maximum Gasteiger partial charge on any atom is 0.305 e. The highest BCUT2D eigenvalue weighted by Crippen LogP contribution is 2.02. The summed E-state index contributed by atoms with van der Waals surface area (Å²) >= 11 is 0. The first-order chi connectivity index (χ1) is 7.06. The summed E-state index contributed by atoms with van der Waals surface area (Å²) in [5.41, 5.74) is 0. The number of rotatable bonds is 8. The Morgan fingerprint density at radius 3 is 2.47 bits per heavy atom. The molecule has 0 heterocycles. The Morgan fingerprint density at radius 2 is 1.93 bits per heavy atom. The third kappa shape index (κ3) is 9.21. The van der Waals surface area contributed by atoms with Crippen molar-refractivity contribution < 1.29 is 24.5 Å². The average Bonchev–Trinajstić information content (AvgIpc) is 2.20. The quantitative estimate of drug-likeness (QED) is 0.436. The van der Waals surface area contributed by atoms with Gasteiger partial charge in [-0.05, 0) is 19.3 Å². The van der Waals surface area contributed by atoms with E-state index < -0.39 is 5.97 Å². The maximum absolute atomic E-state index is 11.0. The van der Waals surface area contributed by atoms with Crippen LogP contribution in [0.2, 0.25) is 0 Å². The third-order valence-electron chi connectivity index (χ3n) is 1.85. The first kappa shape index (κ1) is 13.9. The summed E-state index contributed by atoms with van der Waals surface area (Å²) in [6.07, 6.45) is 1.10. The minimum Gasteiger partial charge on any atom is -0.550 e. The van der Waals surface area contributed by atoms with E-state index in [1.165, 1.54) is 0 Å². The Labute approximate surface area is 89.0 Å². The molecule has 0 radical (unpaired) electrons. The molecule has 0 aromatic carbocycles. The number of hydrogen-bond donors (Lipinski definition) is 1. The molecular weight excluding hydrogens is 200 g/mol. The van der Waals surface area contributed by atoms with E-state index in [9.17, 15) is 14.7 Å². The SMILES string of the molecule is CC(CO)COC(=O)CCCCC(=O)[O-]. The predicted molar refractivity (Wildman–Crippen MR) is 50.7 cm³/mol. The molecule has 0 saturated carbocycles. The van der Waals surface area contributed by atoms with Crippen LogP contribution in [0, 0.1) is 5.92 Å². The molecule has 0 aliphatic heterocycles. The van der Waals surface area contributed by atoms with Crippen LogP contribution >= 0.6 is 0 Å². The summed E-state index contributed by atoms with van der Waals surface area (Å²) < 4.78 is 4.84. The lowest BCUT2D eigenvalue weighted by Gasteiger charge is -2.08. The Bertz CT molecular complexity index is 202. The van der Waals surface area contributed by atoms with Gasteiger partial charge in [0.2, 0.25) is 0 Å². The van der Waals surface area contributed by atoms with Crippen molar-refractivity contribution in [2.24, 2.45) is 5.92 Å². The maximum atomic E-state index is 11.0. The molecule has 0 fully saturated rings. The number of hydrogen-bond acceptors (Lipinski definition) is 5. The van der Waals surface area contributed by atoms with Crippen molar-refractivity contribution >= 4 is 11.9 Å². The number of carbonyl (C=O) groups excluding carboxylic acids is 2. The highest BCUT2D eigenvalue weighted by molar-refractivity contribution is 5.69. The zero-order chi connectivity index (χ0) is 11.7. The monoisotopic (exact) mass is 217 g/mol. The van der Waals surface area contributed by atoms with Crippen molar-refractivity contribution in [3.63, 3.8) is 0 Å². The molecule has 1 N–H and O–H groups in total. The zero-order valence-electron chi connectivity index (χ0n) is 8.90. The Hall–Kier alpha value is -1.10. The van der Waals surface area contributed by atoms with E-state index in [2.05, 4.69) is 0 Å². The van der Waals surface area contributed by atoms with Crippen LogP contribution in [0.15, 0.2) is 0 Å². The molecule has 0 spiro atoms.